The van der Waals surface area contributed by atoms with Gasteiger partial charge in [-0.1, -0.05) is 97.1 Å². The fraction of sp³-hybridized carbons (Fsp3) is 0. The highest BCUT2D eigenvalue weighted by molar-refractivity contribution is 7.09. The molecule has 198 valence electrons. The first-order valence-corrected chi connectivity index (χ1v) is 14.8. The summed E-state index contributed by atoms with van der Waals surface area (Å²) in [6, 6.07) is 53.7. The van der Waals surface area contributed by atoms with Crippen molar-refractivity contribution in [2.75, 3.05) is 4.90 Å². The molecule has 0 radical (unpaired) electrons. The van der Waals surface area contributed by atoms with Gasteiger partial charge < -0.3 is 4.90 Å². The molecule has 0 saturated heterocycles. The Hall–Kier alpha value is -5.32. The molecule has 0 bridgehead atoms. The summed E-state index contributed by atoms with van der Waals surface area (Å²) >= 11 is 1.44. The number of benzene rings is 7. The molecule has 0 aliphatic carbocycles. The van der Waals surface area contributed by atoms with E-state index in [9.17, 15) is 0 Å². The molecule has 0 spiro atoms. The smallest absolute Gasteiger partial charge is 0.173 e. The number of anilines is 3. The van der Waals surface area contributed by atoms with E-state index in [-0.39, 0.29) is 0 Å². The molecule has 7 aromatic carbocycles. The van der Waals surface area contributed by atoms with E-state index in [0.29, 0.717) is 0 Å². The summed E-state index contributed by atoms with van der Waals surface area (Å²) in [6.07, 6.45) is 0. The van der Waals surface area contributed by atoms with Gasteiger partial charge in [0.2, 0.25) is 0 Å². The van der Waals surface area contributed by atoms with Crippen LogP contribution in [0, 0.1) is 0 Å². The van der Waals surface area contributed by atoms with Gasteiger partial charge in [-0.2, -0.15) is 4.37 Å². The van der Waals surface area contributed by atoms with Gasteiger partial charge in [-0.15, -0.1) is 0 Å². The van der Waals surface area contributed by atoms with E-state index in [2.05, 4.69) is 157 Å². The first kappa shape index (κ1) is 24.5. The van der Waals surface area contributed by atoms with Crippen molar-refractivity contribution in [3.8, 4) is 22.0 Å². The fourth-order valence-corrected chi connectivity index (χ4v) is 6.31. The van der Waals surface area contributed by atoms with E-state index >= 15 is 0 Å². The molecule has 0 N–H and O–H groups in total. The van der Waals surface area contributed by atoms with Crippen molar-refractivity contribution < 1.29 is 0 Å². The molecule has 3 nitrogen and oxygen atoms in total. The Kier molecular flexibility index (Phi) is 5.98. The Morgan fingerprint density at radius 3 is 1.43 bits per heavy atom. The van der Waals surface area contributed by atoms with Crippen molar-refractivity contribution in [1.29, 1.82) is 0 Å². The molecular formula is C38H25N3S. The van der Waals surface area contributed by atoms with Crippen LogP contribution >= 0.6 is 11.5 Å². The van der Waals surface area contributed by atoms with E-state index in [4.69, 9.17) is 9.36 Å². The Morgan fingerprint density at radius 1 is 0.405 bits per heavy atom. The number of hydrogen-bond donors (Lipinski definition) is 0. The van der Waals surface area contributed by atoms with Gasteiger partial charge >= 0.3 is 0 Å². The van der Waals surface area contributed by atoms with Gasteiger partial charge in [-0.25, -0.2) is 4.98 Å². The maximum Gasteiger partial charge on any atom is 0.173 e. The second kappa shape index (κ2) is 10.3. The molecule has 1 aromatic heterocycles. The minimum Gasteiger partial charge on any atom is -0.310 e. The Morgan fingerprint density at radius 2 is 0.857 bits per heavy atom. The van der Waals surface area contributed by atoms with Crippen LogP contribution in [0.25, 0.3) is 54.3 Å². The lowest BCUT2D eigenvalue weighted by atomic mass is 10.1. The topological polar surface area (TPSA) is 29.0 Å². The van der Waals surface area contributed by atoms with Gasteiger partial charge in [0, 0.05) is 28.2 Å². The van der Waals surface area contributed by atoms with Crippen LogP contribution in [0.1, 0.15) is 0 Å². The number of fused-ring (bicyclic) bond motifs is 3. The third-order valence-corrected chi connectivity index (χ3v) is 8.55. The molecular weight excluding hydrogens is 531 g/mol. The summed E-state index contributed by atoms with van der Waals surface area (Å²) in [5.41, 5.74) is 5.41. The highest BCUT2D eigenvalue weighted by Gasteiger charge is 2.15. The van der Waals surface area contributed by atoms with Gasteiger partial charge in [0.25, 0.3) is 0 Å². The molecule has 0 saturated carbocycles. The molecule has 0 amide bonds. The highest BCUT2D eigenvalue weighted by Crippen LogP contribution is 2.38. The molecule has 0 fully saturated rings. The summed E-state index contributed by atoms with van der Waals surface area (Å²) in [6.45, 7) is 0. The lowest BCUT2D eigenvalue weighted by Gasteiger charge is -2.26. The third-order valence-electron chi connectivity index (χ3n) is 7.79. The molecule has 0 atom stereocenters. The van der Waals surface area contributed by atoms with Crippen molar-refractivity contribution in [2.24, 2.45) is 0 Å². The van der Waals surface area contributed by atoms with Crippen molar-refractivity contribution in [3.63, 3.8) is 0 Å². The predicted octanol–water partition coefficient (Wildman–Crippen LogP) is 10.8. The quantitative estimate of drug-likeness (QED) is 0.211. The van der Waals surface area contributed by atoms with Crippen LogP contribution in [0.2, 0.25) is 0 Å². The van der Waals surface area contributed by atoms with Crippen LogP contribution < -0.4 is 4.90 Å². The van der Waals surface area contributed by atoms with Gasteiger partial charge in [0.05, 0.1) is 0 Å². The molecule has 4 heteroatoms. The SMILES string of the molecule is c1ccc2cc(-c3nsc(-c4ccc(N(c5ccc6ccccc6c5)c5ccc6ccccc6c5)cc4)n3)ccc2c1. The lowest BCUT2D eigenvalue weighted by molar-refractivity contribution is 1.29. The second-order valence-electron chi connectivity index (χ2n) is 10.4. The number of hydrogen-bond acceptors (Lipinski definition) is 4. The summed E-state index contributed by atoms with van der Waals surface area (Å²) in [5.74, 6) is 0.763. The zero-order chi connectivity index (χ0) is 27.9. The number of rotatable bonds is 5. The molecule has 0 aliphatic heterocycles. The molecule has 8 rings (SSSR count). The van der Waals surface area contributed by atoms with E-state index in [1.165, 1.54) is 43.8 Å². The average Bonchev–Trinajstić information content (AvgIpc) is 3.55. The average molecular weight is 556 g/mol. The largest absolute Gasteiger partial charge is 0.310 e. The third kappa shape index (κ3) is 4.48. The van der Waals surface area contributed by atoms with Crippen molar-refractivity contribution >= 4 is 60.9 Å². The summed E-state index contributed by atoms with van der Waals surface area (Å²) in [7, 11) is 0. The molecule has 1 heterocycles. The van der Waals surface area contributed by atoms with Gasteiger partial charge in [-0.05, 0) is 98.4 Å². The first-order valence-electron chi connectivity index (χ1n) is 14.0. The standard InChI is InChI=1S/C38H25N3S/c1-4-10-30-23-33(14-13-26(30)7-1)37-39-38(42-40-37)29-17-19-34(20-18-29)41(35-21-15-27-8-2-5-11-31(27)24-35)36-22-16-28-9-3-6-12-32(28)25-36/h1-25H. The fourth-order valence-electron chi connectivity index (χ4n) is 5.62. The Bertz CT molecular complexity index is 2140. The minimum absolute atomic E-state index is 0.763. The predicted molar refractivity (Wildman–Crippen MR) is 178 cm³/mol. The van der Waals surface area contributed by atoms with E-state index < -0.39 is 0 Å². The normalized spacial score (nSPS) is 11.3. The van der Waals surface area contributed by atoms with E-state index in [1.54, 1.807) is 0 Å². The number of nitrogens with zero attached hydrogens (tertiary/aromatic N) is 3. The maximum atomic E-state index is 4.91. The molecule has 0 unspecified atom stereocenters. The van der Waals surface area contributed by atoms with Crippen LogP contribution in [0.4, 0.5) is 17.1 Å². The van der Waals surface area contributed by atoms with E-state index in [1.807, 2.05) is 0 Å². The van der Waals surface area contributed by atoms with Gasteiger partial charge in [0.15, 0.2) is 5.82 Å². The summed E-state index contributed by atoms with van der Waals surface area (Å²) in [5, 5.41) is 8.21. The van der Waals surface area contributed by atoms with Crippen LogP contribution in [-0.4, -0.2) is 9.36 Å². The monoisotopic (exact) mass is 555 g/mol. The van der Waals surface area contributed by atoms with Crippen LogP contribution in [0.5, 0.6) is 0 Å². The molecule has 8 aromatic rings. The highest BCUT2D eigenvalue weighted by atomic mass is 32.1. The Labute approximate surface area is 248 Å². The zero-order valence-electron chi connectivity index (χ0n) is 22.7. The van der Waals surface area contributed by atoms with Crippen LogP contribution in [0.3, 0.4) is 0 Å². The summed E-state index contributed by atoms with van der Waals surface area (Å²) < 4.78 is 4.70. The zero-order valence-corrected chi connectivity index (χ0v) is 23.5. The molecule has 42 heavy (non-hydrogen) atoms. The second-order valence-corrected chi connectivity index (χ2v) is 11.2. The molecule has 0 aliphatic rings. The van der Waals surface area contributed by atoms with Crippen molar-refractivity contribution in [3.05, 3.63) is 152 Å². The lowest BCUT2D eigenvalue weighted by Crippen LogP contribution is -2.09. The van der Waals surface area contributed by atoms with Crippen molar-refractivity contribution in [1.82, 2.24) is 9.36 Å². The first-order chi connectivity index (χ1) is 20.8. The van der Waals surface area contributed by atoms with Gasteiger partial charge in [-0.3, -0.25) is 0 Å². The number of aromatic nitrogens is 2. The minimum atomic E-state index is 0.763. The van der Waals surface area contributed by atoms with E-state index in [0.717, 1.165) is 39.0 Å². The van der Waals surface area contributed by atoms with Crippen LogP contribution in [0.15, 0.2) is 152 Å². The van der Waals surface area contributed by atoms with Gasteiger partial charge in [0.1, 0.15) is 5.01 Å². The van der Waals surface area contributed by atoms with Crippen molar-refractivity contribution in [2.45, 2.75) is 0 Å². The Balaban J connectivity index is 1.17. The summed E-state index contributed by atoms with van der Waals surface area (Å²) in [4.78, 5) is 7.23. The van der Waals surface area contributed by atoms with Crippen LogP contribution in [-0.2, 0) is 0 Å². The maximum absolute atomic E-state index is 4.91.